The summed E-state index contributed by atoms with van der Waals surface area (Å²) in [4.78, 5) is 20.1. The van der Waals surface area contributed by atoms with Crippen LogP contribution in [-0.4, -0.2) is 19.9 Å². The Hall–Kier alpha value is -6.54. The Morgan fingerprint density at radius 2 is 1.08 bits per heavy atom. The van der Waals surface area contributed by atoms with Gasteiger partial charge in [-0.05, 0) is 65.7 Å². The van der Waals surface area contributed by atoms with Crippen molar-refractivity contribution in [1.29, 1.82) is 0 Å². The van der Waals surface area contributed by atoms with E-state index in [9.17, 15) is 0 Å². The number of fused-ring (bicyclic) bond motifs is 7. The molecule has 0 saturated heterocycles. The van der Waals surface area contributed by atoms with Crippen LogP contribution < -0.4 is 0 Å². The second-order valence-electron chi connectivity index (χ2n) is 13.0. The van der Waals surface area contributed by atoms with Crippen molar-refractivity contribution in [3.63, 3.8) is 0 Å². The predicted molar refractivity (Wildman–Crippen MR) is 220 cm³/mol. The van der Waals surface area contributed by atoms with Crippen molar-refractivity contribution in [1.82, 2.24) is 19.9 Å². The second kappa shape index (κ2) is 12.0. The molecule has 248 valence electrons. The van der Waals surface area contributed by atoms with Gasteiger partial charge in [-0.25, -0.2) is 19.9 Å². The molecular weight excluding hydrogens is 689 g/mol. The summed E-state index contributed by atoms with van der Waals surface area (Å²) in [5.41, 5.74) is 8.72. The van der Waals surface area contributed by atoms with Crippen molar-refractivity contribution in [3.8, 4) is 55.9 Å². The number of hydrogen-bond donors (Lipinski definition) is 0. The van der Waals surface area contributed by atoms with Crippen LogP contribution in [0.15, 0.2) is 162 Å². The highest BCUT2D eigenvalue weighted by Gasteiger charge is 2.19. The first-order valence-corrected chi connectivity index (χ1v) is 19.0. The lowest BCUT2D eigenvalue weighted by atomic mass is 10.0. The molecule has 0 aliphatic rings. The van der Waals surface area contributed by atoms with Crippen LogP contribution in [0.25, 0.3) is 108 Å². The minimum absolute atomic E-state index is 0.604. The number of nitrogens with zero attached hydrogens (tertiary/aromatic N) is 4. The van der Waals surface area contributed by atoms with E-state index in [2.05, 4.69) is 109 Å². The van der Waals surface area contributed by atoms with E-state index in [1.54, 1.807) is 22.7 Å². The minimum atomic E-state index is 0.604. The van der Waals surface area contributed by atoms with Gasteiger partial charge in [-0.3, -0.25) is 0 Å². The summed E-state index contributed by atoms with van der Waals surface area (Å²) >= 11 is 3.52. The Kier molecular flexibility index (Phi) is 6.83. The predicted octanol–water partition coefficient (Wildman–Crippen LogP) is 13.1. The smallest absolute Gasteiger partial charge is 0.164 e. The molecule has 7 heteroatoms. The average Bonchev–Trinajstić information content (AvgIpc) is 3.94. The number of para-hydroxylation sites is 1. The van der Waals surface area contributed by atoms with Gasteiger partial charge in [-0.1, -0.05) is 103 Å². The van der Waals surface area contributed by atoms with E-state index >= 15 is 0 Å². The Labute approximate surface area is 311 Å². The quantitative estimate of drug-likeness (QED) is 0.178. The lowest BCUT2D eigenvalue weighted by molar-refractivity contribution is 0.669. The minimum Gasteiger partial charge on any atom is -0.456 e. The van der Waals surface area contributed by atoms with E-state index in [1.807, 2.05) is 48.5 Å². The molecule has 7 aromatic carbocycles. The number of furan rings is 1. The number of thiazole rings is 1. The summed E-state index contributed by atoms with van der Waals surface area (Å²) < 4.78 is 10.2. The van der Waals surface area contributed by atoms with Crippen molar-refractivity contribution in [3.05, 3.63) is 158 Å². The van der Waals surface area contributed by atoms with Crippen molar-refractivity contribution >= 4 is 75.0 Å². The molecule has 0 aliphatic carbocycles. The molecule has 0 aliphatic heterocycles. The van der Waals surface area contributed by atoms with Crippen molar-refractivity contribution in [2.45, 2.75) is 0 Å². The first kappa shape index (κ1) is 30.1. The molecule has 4 heterocycles. The SMILES string of the molecule is c1ccc(-c2nc(-c3ccc4sc5ccccc5c4c3)nc(-c3cccc4oc5cc(-c6ccc(-c7nc8ccccc8s7)cc6)ccc5c34)n2)cc1. The van der Waals surface area contributed by atoms with Crippen LogP contribution in [-0.2, 0) is 0 Å². The van der Waals surface area contributed by atoms with Gasteiger partial charge >= 0.3 is 0 Å². The van der Waals surface area contributed by atoms with Gasteiger partial charge in [-0.2, -0.15) is 0 Å². The highest BCUT2D eigenvalue weighted by atomic mass is 32.1. The molecule has 0 saturated carbocycles. The van der Waals surface area contributed by atoms with Crippen LogP contribution >= 0.6 is 22.7 Å². The van der Waals surface area contributed by atoms with Crippen molar-refractivity contribution in [2.75, 3.05) is 0 Å². The molecule has 11 aromatic rings. The van der Waals surface area contributed by atoms with Gasteiger partial charge in [0.25, 0.3) is 0 Å². The maximum Gasteiger partial charge on any atom is 0.164 e. The van der Waals surface area contributed by atoms with Gasteiger partial charge < -0.3 is 4.42 Å². The molecule has 0 amide bonds. The lowest BCUT2D eigenvalue weighted by Crippen LogP contribution is -2.00. The van der Waals surface area contributed by atoms with E-state index < -0.39 is 0 Å². The molecule has 5 nitrogen and oxygen atoms in total. The summed E-state index contributed by atoms with van der Waals surface area (Å²) in [5, 5.41) is 5.47. The van der Waals surface area contributed by atoms with E-state index in [1.165, 1.54) is 24.9 Å². The Morgan fingerprint density at radius 3 is 1.94 bits per heavy atom. The third kappa shape index (κ3) is 5.12. The Bertz CT molecular complexity index is 3150. The summed E-state index contributed by atoms with van der Waals surface area (Å²) in [6, 6.07) is 54.6. The van der Waals surface area contributed by atoms with Crippen LogP contribution in [0.2, 0.25) is 0 Å². The van der Waals surface area contributed by atoms with Gasteiger partial charge in [0, 0.05) is 53.2 Å². The van der Waals surface area contributed by atoms with Gasteiger partial charge in [0.2, 0.25) is 0 Å². The molecule has 0 fully saturated rings. The Balaban J connectivity index is 1.02. The lowest BCUT2D eigenvalue weighted by Gasteiger charge is -2.09. The van der Waals surface area contributed by atoms with E-state index in [0.29, 0.717) is 17.5 Å². The van der Waals surface area contributed by atoms with E-state index in [4.69, 9.17) is 24.4 Å². The monoisotopic (exact) mass is 714 g/mol. The fraction of sp³-hybridized carbons (Fsp3) is 0. The van der Waals surface area contributed by atoms with Gasteiger partial charge in [0.1, 0.15) is 16.2 Å². The number of thiophene rings is 1. The molecule has 0 radical (unpaired) electrons. The molecule has 0 bridgehead atoms. The average molecular weight is 715 g/mol. The Morgan fingerprint density at radius 1 is 0.377 bits per heavy atom. The van der Waals surface area contributed by atoms with Crippen LogP contribution in [0.5, 0.6) is 0 Å². The molecule has 0 atom stereocenters. The van der Waals surface area contributed by atoms with E-state index in [-0.39, 0.29) is 0 Å². The molecule has 0 spiro atoms. The largest absolute Gasteiger partial charge is 0.456 e. The van der Waals surface area contributed by atoms with Crippen LogP contribution in [0.1, 0.15) is 0 Å². The standard InChI is InChI=1S/C46H26N4OS2/c1-2-9-28(10-3-1)43-48-44(31-22-24-40-35(25-31)32-11-4-6-15-39(32)52-40)50-45(49-43)34-12-8-14-37-42(34)33-23-21-30(26-38(33)51-37)27-17-19-29(20-18-27)46-47-36-13-5-7-16-41(36)53-46/h1-26H. The van der Waals surface area contributed by atoms with Crippen LogP contribution in [0, 0.1) is 0 Å². The van der Waals surface area contributed by atoms with Crippen molar-refractivity contribution in [2.24, 2.45) is 0 Å². The third-order valence-corrected chi connectivity index (χ3v) is 12.0. The maximum atomic E-state index is 6.54. The summed E-state index contributed by atoms with van der Waals surface area (Å²) in [7, 11) is 0. The normalized spacial score (nSPS) is 11.8. The molecule has 4 aromatic heterocycles. The zero-order chi connectivity index (χ0) is 34.9. The molecule has 0 N–H and O–H groups in total. The highest BCUT2D eigenvalue weighted by molar-refractivity contribution is 7.25. The number of benzene rings is 7. The fourth-order valence-corrected chi connectivity index (χ4v) is 9.26. The number of aromatic nitrogens is 4. The third-order valence-electron chi connectivity index (χ3n) is 9.80. The molecule has 53 heavy (non-hydrogen) atoms. The summed E-state index contributed by atoms with van der Waals surface area (Å²) in [6.07, 6.45) is 0. The second-order valence-corrected chi connectivity index (χ2v) is 15.2. The molecule has 11 rings (SSSR count). The molecular formula is C46H26N4OS2. The first-order chi connectivity index (χ1) is 26.2. The summed E-state index contributed by atoms with van der Waals surface area (Å²) in [6.45, 7) is 0. The van der Waals surface area contributed by atoms with Crippen LogP contribution in [0.3, 0.4) is 0 Å². The number of rotatable bonds is 5. The topological polar surface area (TPSA) is 64.7 Å². The summed E-state index contributed by atoms with van der Waals surface area (Å²) in [5.74, 6) is 1.86. The van der Waals surface area contributed by atoms with Crippen molar-refractivity contribution < 1.29 is 4.42 Å². The number of hydrogen-bond acceptors (Lipinski definition) is 7. The van der Waals surface area contributed by atoms with E-state index in [0.717, 1.165) is 65.8 Å². The highest BCUT2D eigenvalue weighted by Crippen LogP contribution is 2.40. The van der Waals surface area contributed by atoms with Gasteiger partial charge in [0.05, 0.1) is 10.2 Å². The van der Waals surface area contributed by atoms with Gasteiger partial charge in [-0.15, -0.1) is 22.7 Å². The molecule has 0 unspecified atom stereocenters. The zero-order valence-electron chi connectivity index (χ0n) is 28.0. The van der Waals surface area contributed by atoms with Crippen LogP contribution in [0.4, 0.5) is 0 Å². The fourth-order valence-electron chi connectivity index (χ4n) is 7.20. The zero-order valence-corrected chi connectivity index (χ0v) is 29.7. The van der Waals surface area contributed by atoms with Gasteiger partial charge in [0.15, 0.2) is 17.5 Å². The maximum absolute atomic E-state index is 6.54. The first-order valence-electron chi connectivity index (χ1n) is 17.4.